The first-order valence-corrected chi connectivity index (χ1v) is 7.61. The van der Waals surface area contributed by atoms with E-state index in [0.717, 1.165) is 23.4 Å². The second-order valence-electron chi connectivity index (χ2n) is 4.85. The van der Waals surface area contributed by atoms with Crippen molar-refractivity contribution in [2.24, 2.45) is 0 Å². The number of anilines is 1. The molecule has 2 aromatic rings. The Kier molecular flexibility index (Phi) is 3.46. The second kappa shape index (κ2) is 5.25. The lowest BCUT2D eigenvalue weighted by molar-refractivity contribution is 0.420. The van der Waals surface area contributed by atoms with Gasteiger partial charge in [-0.05, 0) is 37.1 Å². The summed E-state index contributed by atoms with van der Waals surface area (Å²) >= 11 is 1.92. The predicted octanol–water partition coefficient (Wildman–Crippen LogP) is 3.59. The van der Waals surface area contributed by atoms with Crippen LogP contribution in [-0.2, 0) is 0 Å². The van der Waals surface area contributed by atoms with Crippen LogP contribution in [0, 0.1) is 6.92 Å². The van der Waals surface area contributed by atoms with Gasteiger partial charge in [0.25, 0.3) is 5.89 Å². The van der Waals surface area contributed by atoms with Crippen molar-refractivity contribution >= 4 is 17.4 Å². The minimum Gasteiger partial charge on any atom is -0.398 e. The number of nitrogens with zero attached hydrogens (tertiary/aromatic N) is 2. The Bertz CT molecular complexity index is 556. The van der Waals surface area contributed by atoms with Gasteiger partial charge in [0, 0.05) is 5.69 Å². The van der Waals surface area contributed by atoms with Crippen molar-refractivity contribution in [2.75, 3.05) is 11.5 Å². The van der Waals surface area contributed by atoms with Gasteiger partial charge < -0.3 is 10.3 Å². The lowest BCUT2D eigenvalue weighted by Gasteiger charge is -2.17. The van der Waals surface area contributed by atoms with Gasteiger partial charge in [0.2, 0.25) is 0 Å². The van der Waals surface area contributed by atoms with Crippen molar-refractivity contribution in [3.63, 3.8) is 0 Å². The molecule has 5 heteroatoms. The van der Waals surface area contributed by atoms with Crippen molar-refractivity contribution in [3.05, 3.63) is 29.6 Å². The molecule has 0 spiro atoms. The van der Waals surface area contributed by atoms with Crippen LogP contribution in [0.2, 0.25) is 0 Å². The van der Waals surface area contributed by atoms with Gasteiger partial charge in [0.15, 0.2) is 5.82 Å². The zero-order valence-electron chi connectivity index (χ0n) is 10.9. The van der Waals surface area contributed by atoms with E-state index in [1.54, 1.807) is 0 Å². The maximum Gasteiger partial charge on any atom is 0.260 e. The van der Waals surface area contributed by atoms with E-state index < -0.39 is 0 Å². The van der Waals surface area contributed by atoms with Crippen molar-refractivity contribution in [1.29, 1.82) is 0 Å². The van der Waals surface area contributed by atoms with Crippen LogP contribution >= 0.6 is 11.8 Å². The van der Waals surface area contributed by atoms with Crippen LogP contribution in [0.3, 0.4) is 0 Å². The topological polar surface area (TPSA) is 64.9 Å². The van der Waals surface area contributed by atoms with E-state index >= 15 is 0 Å². The molecule has 1 aliphatic heterocycles. The third-order valence-electron chi connectivity index (χ3n) is 3.43. The maximum absolute atomic E-state index is 6.01. The van der Waals surface area contributed by atoms with Crippen LogP contribution in [0.25, 0.3) is 11.5 Å². The smallest absolute Gasteiger partial charge is 0.260 e. The molecule has 2 heterocycles. The summed E-state index contributed by atoms with van der Waals surface area (Å²) in [6, 6.07) is 5.80. The lowest BCUT2D eigenvalue weighted by Crippen LogP contribution is -2.03. The molecular formula is C14H17N3OS. The van der Waals surface area contributed by atoms with Gasteiger partial charge in [0.05, 0.1) is 10.8 Å². The highest BCUT2D eigenvalue weighted by Crippen LogP contribution is 2.38. The van der Waals surface area contributed by atoms with Gasteiger partial charge in [-0.25, -0.2) is 0 Å². The molecule has 2 N–H and O–H groups in total. The standard InChI is InChI=1S/C14H17N3OS/c1-9-5-4-6-10(15)12(9)14-16-13(17-18-14)11-7-2-3-8-19-11/h4-6,11H,2-3,7-8,15H2,1H3. The minimum atomic E-state index is 0.372. The normalized spacial score (nSPS) is 19.5. The van der Waals surface area contributed by atoms with Crippen molar-refractivity contribution < 1.29 is 4.52 Å². The molecule has 0 bridgehead atoms. The number of hydrogen-bond acceptors (Lipinski definition) is 5. The lowest BCUT2D eigenvalue weighted by atomic mass is 10.1. The van der Waals surface area contributed by atoms with Crippen LogP contribution < -0.4 is 5.73 Å². The molecule has 4 nitrogen and oxygen atoms in total. The van der Waals surface area contributed by atoms with Gasteiger partial charge in [-0.3, -0.25) is 0 Å². The molecule has 19 heavy (non-hydrogen) atoms. The highest BCUT2D eigenvalue weighted by atomic mass is 32.2. The van der Waals surface area contributed by atoms with E-state index in [2.05, 4.69) is 10.1 Å². The monoisotopic (exact) mass is 275 g/mol. The fraction of sp³-hybridized carbons (Fsp3) is 0.429. The van der Waals surface area contributed by atoms with Crippen molar-refractivity contribution in [3.8, 4) is 11.5 Å². The number of aryl methyl sites for hydroxylation is 1. The molecule has 100 valence electrons. The quantitative estimate of drug-likeness (QED) is 0.848. The average Bonchev–Trinajstić information content (AvgIpc) is 2.89. The maximum atomic E-state index is 6.01. The molecule has 1 unspecified atom stereocenters. The summed E-state index contributed by atoms with van der Waals surface area (Å²) in [7, 11) is 0. The fourth-order valence-corrected chi connectivity index (χ4v) is 3.63. The average molecular weight is 275 g/mol. The summed E-state index contributed by atoms with van der Waals surface area (Å²) in [5.74, 6) is 2.53. The van der Waals surface area contributed by atoms with E-state index in [1.807, 2.05) is 36.9 Å². The first-order valence-electron chi connectivity index (χ1n) is 6.56. The van der Waals surface area contributed by atoms with E-state index in [9.17, 15) is 0 Å². The molecular weight excluding hydrogens is 258 g/mol. The van der Waals surface area contributed by atoms with Crippen molar-refractivity contribution in [1.82, 2.24) is 10.1 Å². The van der Waals surface area contributed by atoms with Gasteiger partial charge in [0.1, 0.15) is 0 Å². The predicted molar refractivity (Wildman–Crippen MR) is 77.9 cm³/mol. The van der Waals surface area contributed by atoms with Crippen LogP contribution in [0.5, 0.6) is 0 Å². The third-order valence-corrected chi connectivity index (χ3v) is 4.80. The Morgan fingerprint density at radius 3 is 3.00 bits per heavy atom. The largest absolute Gasteiger partial charge is 0.398 e. The van der Waals surface area contributed by atoms with Gasteiger partial charge in [-0.15, -0.1) is 0 Å². The summed E-state index contributed by atoms with van der Waals surface area (Å²) in [6.45, 7) is 2.00. The molecule has 0 amide bonds. The molecule has 1 fully saturated rings. The van der Waals surface area contributed by atoms with Gasteiger partial charge in [-0.2, -0.15) is 16.7 Å². The number of aromatic nitrogens is 2. The summed E-state index contributed by atoms with van der Waals surface area (Å²) in [5, 5.41) is 4.51. The molecule has 1 aliphatic rings. The minimum absolute atomic E-state index is 0.372. The number of nitrogens with two attached hydrogens (primary N) is 1. The van der Waals surface area contributed by atoms with Gasteiger partial charge in [-0.1, -0.05) is 23.7 Å². The van der Waals surface area contributed by atoms with E-state index in [4.69, 9.17) is 10.3 Å². The fourth-order valence-electron chi connectivity index (χ4n) is 2.39. The number of rotatable bonds is 2. The van der Waals surface area contributed by atoms with Crippen LogP contribution in [0.15, 0.2) is 22.7 Å². The number of benzene rings is 1. The SMILES string of the molecule is Cc1cccc(N)c1-c1nc(C2CCCCS2)no1. The van der Waals surface area contributed by atoms with E-state index in [-0.39, 0.29) is 0 Å². The number of hydrogen-bond donors (Lipinski definition) is 1. The molecule has 0 saturated carbocycles. The zero-order chi connectivity index (χ0) is 13.2. The number of nitrogen functional groups attached to an aromatic ring is 1. The Labute approximate surface area is 116 Å². The first kappa shape index (κ1) is 12.5. The van der Waals surface area contributed by atoms with Crippen LogP contribution in [-0.4, -0.2) is 15.9 Å². The molecule has 0 aliphatic carbocycles. The molecule has 1 aromatic heterocycles. The molecule has 1 aromatic carbocycles. The third kappa shape index (κ3) is 2.47. The van der Waals surface area contributed by atoms with Crippen molar-refractivity contribution in [2.45, 2.75) is 31.4 Å². The first-order chi connectivity index (χ1) is 9.25. The van der Waals surface area contributed by atoms with E-state index in [0.29, 0.717) is 16.8 Å². The summed E-state index contributed by atoms with van der Waals surface area (Å²) in [4.78, 5) is 4.55. The Hall–Kier alpha value is -1.49. The molecule has 1 atom stereocenters. The summed E-state index contributed by atoms with van der Waals surface area (Å²) < 4.78 is 5.41. The summed E-state index contributed by atoms with van der Waals surface area (Å²) in [6.07, 6.45) is 3.66. The highest BCUT2D eigenvalue weighted by molar-refractivity contribution is 7.99. The van der Waals surface area contributed by atoms with E-state index in [1.165, 1.54) is 18.6 Å². The molecule has 0 radical (unpaired) electrons. The highest BCUT2D eigenvalue weighted by Gasteiger charge is 2.22. The summed E-state index contributed by atoms with van der Waals surface area (Å²) in [5.41, 5.74) is 8.62. The Morgan fingerprint density at radius 2 is 2.26 bits per heavy atom. The van der Waals surface area contributed by atoms with Crippen LogP contribution in [0.1, 0.15) is 35.9 Å². The number of thioether (sulfide) groups is 1. The Balaban J connectivity index is 1.92. The Morgan fingerprint density at radius 1 is 1.37 bits per heavy atom. The van der Waals surface area contributed by atoms with Gasteiger partial charge >= 0.3 is 0 Å². The van der Waals surface area contributed by atoms with Crippen LogP contribution in [0.4, 0.5) is 5.69 Å². The molecule has 3 rings (SSSR count). The zero-order valence-corrected chi connectivity index (χ0v) is 11.7. The second-order valence-corrected chi connectivity index (χ2v) is 6.16. The molecule has 1 saturated heterocycles.